The van der Waals surface area contributed by atoms with E-state index in [1.165, 1.54) is 12.3 Å². The highest BCUT2D eigenvalue weighted by Crippen LogP contribution is 2.16. The Morgan fingerprint density at radius 3 is 2.06 bits per heavy atom. The molecule has 0 unspecified atom stereocenters. The third kappa shape index (κ3) is 4.73. The second-order valence-corrected chi connectivity index (χ2v) is 9.68. The molecule has 0 amide bonds. The molecule has 1 aromatic rings. The highest BCUT2D eigenvalue weighted by atomic mass is 127. The van der Waals surface area contributed by atoms with E-state index in [-0.39, 0.29) is 0 Å². The maximum Gasteiger partial charge on any atom is 0.370 e. The van der Waals surface area contributed by atoms with Crippen LogP contribution in [-0.2, 0) is 8.85 Å². The fourth-order valence-corrected chi connectivity index (χ4v) is 7.19. The minimum Gasteiger partial charge on any atom is -0.391 e. The molecule has 0 radical (unpaired) electrons. The van der Waals surface area contributed by atoms with E-state index in [2.05, 4.69) is 83.8 Å². The van der Waals surface area contributed by atoms with E-state index < -0.39 is 8.56 Å². The Labute approximate surface area is 138 Å². The number of benzene rings is 1. The molecule has 0 fully saturated rings. The average Bonchev–Trinajstić information content (AvgIpc) is 2.34. The lowest BCUT2D eigenvalue weighted by molar-refractivity contribution is 0.185. The molecule has 18 heavy (non-hydrogen) atoms. The Bertz CT molecular complexity index is 377. The standard InChI is InChI=1S/C13H20I2O2Si/c1-4-8-16-18(3,17-9-5-2)13-7-6-11(14)10-12(13)15/h6-7,10H,4-5,8-9H2,1-3H3. The van der Waals surface area contributed by atoms with E-state index in [4.69, 9.17) is 8.85 Å². The van der Waals surface area contributed by atoms with Gasteiger partial charge in [0.1, 0.15) is 0 Å². The molecule has 0 spiro atoms. The van der Waals surface area contributed by atoms with Crippen molar-refractivity contribution in [3.8, 4) is 0 Å². The molecule has 2 nitrogen and oxygen atoms in total. The van der Waals surface area contributed by atoms with Crippen molar-refractivity contribution in [2.45, 2.75) is 33.2 Å². The summed E-state index contributed by atoms with van der Waals surface area (Å²) in [6.45, 7) is 7.97. The zero-order chi connectivity index (χ0) is 13.6. The van der Waals surface area contributed by atoms with Crippen molar-refractivity contribution in [3.63, 3.8) is 0 Å². The van der Waals surface area contributed by atoms with Crippen LogP contribution in [0.3, 0.4) is 0 Å². The fraction of sp³-hybridized carbons (Fsp3) is 0.538. The van der Waals surface area contributed by atoms with Gasteiger partial charge < -0.3 is 8.85 Å². The molecule has 0 bridgehead atoms. The van der Waals surface area contributed by atoms with Gasteiger partial charge in [-0.05, 0) is 76.7 Å². The molecule has 1 rings (SSSR count). The quantitative estimate of drug-likeness (QED) is 0.425. The van der Waals surface area contributed by atoms with Crippen LogP contribution in [0.1, 0.15) is 26.7 Å². The monoisotopic (exact) mass is 490 g/mol. The van der Waals surface area contributed by atoms with Gasteiger partial charge in [0.25, 0.3) is 0 Å². The number of hydrogen-bond acceptors (Lipinski definition) is 2. The van der Waals surface area contributed by atoms with Gasteiger partial charge in [-0.2, -0.15) is 0 Å². The maximum atomic E-state index is 6.10. The highest BCUT2D eigenvalue weighted by Gasteiger charge is 2.35. The van der Waals surface area contributed by atoms with Crippen LogP contribution in [0.4, 0.5) is 0 Å². The molecule has 0 atom stereocenters. The first-order valence-corrected chi connectivity index (χ1v) is 10.7. The Morgan fingerprint density at radius 2 is 1.61 bits per heavy atom. The third-order valence-corrected chi connectivity index (χ3v) is 7.58. The van der Waals surface area contributed by atoms with Gasteiger partial charge in [0.15, 0.2) is 0 Å². The van der Waals surface area contributed by atoms with E-state index in [0.29, 0.717) is 0 Å². The van der Waals surface area contributed by atoms with E-state index in [9.17, 15) is 0 Å². The van der Waals surface area contributed by atoms with E-state index in [1.807, 2.05) is 0 Å². The first kappa shape index (κ1) is 16.9. The summed E-state index contributed by atoms with van der Waals surface area (Å²) in [5.41, 5.74) is 0. The van der Waals surface area contributed by atoms with E-state index in [1.54, 1.807) is 0 Å². The molecule has 0 saturated heterocycles. The van der Waals surface area contributed by atoms with Crippen molar-refractivity contribution in [2.24, 2.45) is 0 Å². The molecular weight excluding hydrogens is 470 g/mol. The van der Waals surface area contributed by atoms with Crippen LogP contribution in [0.2, 0.25) is 6.55 Å². The van der Waals surface area contributed by atoms with Gasteiger partial charge in [-0.3, -0.25) is 0 Å². The predicted molar refractivity (Wildman–Crippen MR) is 95.6 cm³/mol. The molecule has 102 valence electrons. The van der Waals surface area contributed by atoms with Gasteiger partial charge >= 0.3 is 8.56 Å². The summed E-state index contributed by atoms with van der Waals surface area (Å²) in [6.07, 6.45) is 2.05. The lowest BCUT2D eigenvalue weighted by Crippen LogP contribution is -2.52. The summed E-state index contributed by atoms with van der Waals surface area (Å²) < 4.78 is 14.7. The van der Waals surface area contributed by atoms with Crippen LogP contribution in [0.5, 0.6) is 0 Å². The van der Waals surface area contributed by atoms with Crippen LogP contribution < -0.4 is 5.19 Å². The molecule has 1 aromatic carbocycles. The summed E-state index contributed by atoms with van der Waals surface area (Å²) in [4.78, 5) is 0. The number of rotatable bonds is 7. The summed E-state index contributed by atoms with van der Waals surface area (Å²) in [5.74, 6) is 0. The summed E-state index contributed by atoms with van der Waals surface area (Å²) >= 11 is 4.72. The van der Waals surface area contributed by atoms with Crippen molar-refractivity contribution in [1.29, 1.82) is 0 Å². The predicted octanol–water partition coefficient (Wildman–Crippen LogP) is 4.03. The maximum absolute atomic E-state index is 6.10. The van der Waals surface area contributed by atoms with Crippen LogP contribution in [0.15, 0.2) is 18.2 Å². The molecule has 0 aliphatic heterocycles. The Hall–Kier alpha value is 0.817. The molecule has 0 saturated carbocycles. The Kier molecular flexibility index (Phi) is 7.67. The molecule has 5 heteroatoms. The van der Waals surface area contributed by atoms with Gasteiger partial charge in [0, 0.05) is 25.5 Å². The van der Waals surface area contributed by atoms with Crippen molar-refractivity contribution in [2.75, 3.05) is 13.2 Å². The van der Waals surface area contributed by atoms with Crippen LogP contribution >= 0.6 is 45.2 Å². The van der Waals surface area contributed by atoms with Gasteiger partial charge in [-0.25, -0.2) is 0 Å². The van der Waals surface area contributed by atoms with Crippen LogP contribution in [0.25, 0.3) is 0 Å². The van der Waals surface area contributed by atoms with Gasteiger partial charge in [0.2, 0.25) is 0 Å². The second kappa shape index (κ2) is 8.18. The van der Waals surface area contributed by atoms with Crippen LogP contribution in [-0.4, -0.2) is 21.8 Å². The van der Waals surface area contributed by atoms with Gasteiger partial charge in [0.05, 0.1) is 0 Å². The van der Waals surface area contributed by atoms with E-state index >= 15 is 0 Å². The molecule has 0 aliphatic rings. The lowest BCUT2D eigenvalue weighted by Gasteiger charge is -2.28. The van der Waals surface area contributed by atoms with Crippen molar-refractivity contribution in [1.82, 2.24) is 0 Å². The first-order chi connectivity index (χ1) is 8.53. The van der Waals surface area contributed by atoms with Crippen molar-refractivity contribution < 1.29 is 8.85 Å². The molecule has 0 aromatic heterocycles. The topological polar surface area (TPSA) is 18.5 Å². The molecule has 0 N–H and O–H groups in total. The highest BCUT2D eigenvalue weighted by molar-refractivity contribution is 14.1. The largest absolute Gasteiger partial charge is 0.391 e. The van der Waals surface area contributed by atoms with Gasteiger partial charge in [-0.1, -0.05) is 19.9 Å². The average molecular weight is 490 g/mol. The summed E-state index contributed by atoms with van der Waals surface area (Å²) in [6, 6.07) is 6.49. The Balaban J connectivity index is 2.99. The number of halogens is 2. The normalized spacial score (nSPS) is 11.8. The van der Waals surface area contributed by atoms with Crippen molar-refractivity contribution >= 4 is 58.9 Å². The molecule has 0 aliphatic carbocycles. The minimum atomic E-state index is -2.25. The van der Waals surface area contributed by atoms with E-state index in [0.717, 1.165) is 26.1 Å². The van der Waals surface area contributed by atoms with Crippen LogP contribution in [0, 0.1) is 7.14 Å². The van der Waals surface area contributed by atoms with Crippen molar-refractivity contribution in [3.05, 3.63) is 25.3 Å². The third-order valence-electron chi connectivity index (χ3n) is 2.58. The first-order valence-electron chi connectivity index (χ1n) is 6.27. The summed E-state index contributed by atoms with van der Waals surface area (Å²) in [7, 11) is -2.25. The Morgan fingerprint density at radius 1 is 1.06 bits per heavy atom. The smallest absolute Gasteiger partial charge is 0.370 e. The lowest BCUT2D eigenvalue weighted by atomic mass is 10.4. The molecular formula is C13H20I2O2Si. The zero-order valence-corrected chi connectivity index (χ0v) is 16.4. The minimum absolute atomic E-state index is 0.772. The SMILES string of the molecule is CCCO[Si](C)(OCCC)c1ccc(I)cc1I. The number of hydrogen-bond donors (Lipinski definition) is 0. The zero-order valence-electron chi connectivity index (χ0n) is 11.1. The van der Waals surface area contributed by atoms with Gasteiger partial charge in [-0.15, -0.1) is 0 Å². The molecule has 0 heterocycles. The summed E-state index contributed by atoms with van der Waals surface area (Å²) in [5, 5.41) is 1.26. The second-order valence-electron chi connectivity index (χ2n) is 4.27. The fourth-order valence-electron chi connectivity index (χ4n) is 1.65.